The highest BCUT2D eigenvalue weighted by Crippen LogP contribution is 2.25. The maximum atomic E-state index is 12.2. The number of hydrogen-bond donors (Lipinski definition) is 2. The summed E-state index contributed by atoms with van der Waals surface area (Å²) in [5, 5.41) is 33.1. The number of nitrogens with zero attached hydrogens (tertiary/aromatic N) is 2. The molecule has 2 aromatic carbocycles. The van der Waals surface area contributed by atoms with E-state index in [0.29, 0.717) is 12.1 Å². The van der Waals surface area contributed by atoms with Crippen LogP contribution in [0, 0.1) is 20.2 Å². The second-order valence-electron chi connectivity index (χ2n) is 4.84. The third kappa shape index (κ3) is 3.90. The first-order chi connectivity index (χ1) is 11.4. The molecule has 0 aromatic heterocycles. The third-order valence-electron chi connectivity index (χ3n) is 3.25. The average Bonchev–Trinajstić information content (AvgIpc) is 2.56. The normalized spacial score (nSPS) is 10.2. The van der Waals surface area contributed by atoms with Gasteiger partial charge in [-0.2, -0.15) is 0 Å². The number of carbonyl (C=O) groups excluding carboxylic acids is 1. The molecular formula is C15H13N3O6. The van der Waals surface area contributed by atoms with Crippen LogP contribution in [-0.2, 0) is 6.42 Å². The van der Waals surface area contributed by atoms with E-state index in [9.17, 15) is 25.0 Å². The van der Waals surface area contributed by atoms with Crippen LogP contribution in [0.25, 0.3) is 0 Å². The van der Waals surface area contributed by atoms with Gasteiger partial charge in [0.1, 0.15) is 5.56 Å². The summed E-state index contributed by atoms with van der Waals surface area (Å²) in [6, 6.07) is 9.43. The summed E-state index contributed by atoms with van der Waals surface area (Å²) in [6.07, 6.45) is 0.474. The number of nitrogens with one attached hydrogen (secondary N) is 1. The van der Waals surface area contributed by atoms with E-state index in [-0.39, 0.29) is 12.2 Å². The molecule has 2 N–H and O–H groups in total. The number of carbonyl (C=O) groups is 1. The molecule has 0 fully saturated rings. The highest BCUT2D eigenvalue weighted by Gasteiger charge is 2.24. The number of hydrogen-bond acceptors (Lipinski definition) is 6. The Labute approximate surface area is 135 Å². The smallest absolute Gasteiger partial charge is 0.289 e. The standard InChI is InChI=1S/C15H13N3O6/c19-8-7-10-1-3-11(4-2-10)16-15(20)13-6-5-12(17(21)22)9-14(13)18(23)24/h1-6,9,19H,7-8H2,(H,16,20). The van der Waals surface area contributed by atoms with Crippen LogP contribution in [0.4, 0.5) is 17.1 Å². The SMILES string of the molecule is O=C(Nc1ccc(CCO)cc1)c1ccc([N+](=O)[O-])cc1[N+](=O)[O-]. The lowest BCUT2D eigenvalue weighted by molar-refractivity contribution is -0.394. The molecule has 0 saturated carbocycles. The molecule has 9 nitrogen and oxygen atoms in total. The molecule has 1 amide bonds. The maximum Gasteiger partial charge on any atom is 0.289 e. The van der Waals surface area contributed by atoms with Crippen LogP contribution >= 0.6 is 0 Å². The van der Waals surface area contributed by atoms with Gasteiger partial charge in [-0.15, -0.1) is 0 Å². The van der Waals surface area contributed by atoms with E-state index in [4.69, 9.17) is 5.11 Å². The van der Waals surface area contributed by atoms with Crippen molar-refractivity contribution >= 4 is 23.0 Å². The largest absolute Gasteiger partial charge is 0.396 e. The fraction of sp³-hybridized carbons (Fsp3) is 0.133. The summed E-state index contributed by atoms with van der Waals surface area (Å²) >= 11 is 0. The van der Waals surface area contributed by atoms with E-state index in [1.807, 2.05) is 0 Å². The van der Waals surface area contributed by atoms with Gasteiger partial charge >= 0.3 is 0 Å². The predicted octanol–water partition coefficient (Wildman–Crippen LogP) is 2.29. The van der Waals surface area contributed by atoms with Crippen molar-refractivity contribution in [2.24, 2.45) is 0 Å². The van der Waals surface area contributed by atoms with Crippen LogP contribution in [0.15, 0.2) is 42.5 Å². The first kappa shape index (κ1) is 17.0. The van der Waals surface area contributed by atoms with Gasteiger partial charge in [0.15, 0.2) is 0 Å². The van der Waals surface area contributed by atoms with Crippen LogP contribution in [0.1, 0.15) is 15.9 Å². The summed E-state index contributed by atoms with van der Waals surface area (Å²) in [5.41, 5.74) is -0.0959. The minimum absolute atomic E-state index is 0.000690. The lowest BCUT2D eigenvalue weighted by atomic mass is 10.1. The number of rotatable bonds is 6. The second kappa shape index (κ2) is 7.29. The summed E-state index contributed by atoms with van der Waals surface area (Å²) in [7, 11) is 0. The Morgan fingerprint density at radius 2 is 1.71 bits per heavy atom. The Bertz CT molecular complexity index is 788. The summed E-state index contributed by atoms with van der Waals surface area (Å²) in [4.78, 5) is 32.3. The molecule has 2 rings (SSSR count). The molecule has 9 heteroatoms. The third-order valence-corrected chi connectivity index (χ3v) is 3.25. The molecular weight excluding hydrogens is 318 g/mol. The van der Waals surface area contributed by atoms with Crippen molar-refractivity contribution in [3.8, 4) is 0 Å². The van der Waals surface area contributed by atoms with Crippen molar-refractivity contribution in [3.05, 3.63) is 73.8 Å². The molecule has 0 unspecified atom stereocenters. The van der Waals surface area contributed by atoms with Gasteiger partial charge in [-0.25, -0.2) is 0 Å². The van der Waals surface area contributed by atoms with Gasteiger partial charge in [0.25, 0.3) is 17.3 Å². The molecule has 0 aliphatic rings. The van der Waals surface area contributed by atoms with E-state index in [0.717, 1.165) is 23.8 Å². The van der Waals surface area contributed by atoms with Crippen LogP contribution in [-0.4, -0.2) is 27.5 Å². The maximum absolute atomic E-state index is 12.2. The lowest BCUT2D eigenvalue weighted by Gasteiger charge is -2.07. The van der Waals surface area contributed by atoms with Gasteiger partial charge in [0, 0.05) is 18.4 Å². The van der Waals surface area contributed by atoms with Gasteiger partial charge < -0.3 is 10.4 Å². The van der Waals surface area contributed by atoms with Gasteiger partial charge in [-0.1, -0.05) is 12.1 Å². The number of nitro benzene ring substituents is 2. The lowest BCUT2D eigenvalue weighted by Crippen LogP contribution is -2.14. The number of nitro groups is 2. The van der Waals surface area contributed by atoms with Crippen LogP contribution in [0.3, 0.4) is 0 Å². The Hall–Kier alpha value is -3.33. The second-order valence-corrected chi connectivity index (χ2v) is 4.84. The molecule has 0 bridgehead atoms. The fourth-order valence-corrected chi connectivity index (χ4v) is 2.06. The summed E-state index contributed by atoms with van der Waals surface area (Å²) < 4.78 is 0. The Balaban J connectivity index is 2.25. The minimum atomic E-state index is -0.841. The van der Waals surface area contributed by atoms with E-state index < -0.39 is 27.1 Å². The Morgan fingerprint density at radius 1 is 1.04 bits per heavy atom. The van der Waals surface area contributed by atoms with Crippen molar-refractivity contribution in [1.29, 1.82) is 0 Å². The van der Waals surface area contributed by atoms with Gasteiger partial charge in [0.05, 0.1) is 15.9 Å². The Morgan fingerprint density at radius 3 is 2.25 bits per heavy atom. The first-order valence-electron chi connectivity index (χ1n) is 6.86. The molecule has 0 heterocycles. The fourth-order valence-electron chi connectivity index (χ4n) is 2.06. The molecule has 0 atom stereocenters. The predicted molar refractivity (Wildman–Crippen MR) is 84.9 cm³/mol. The van der Waals surface area contributed by atoms with Crippen molar-refractivity contribution < 1.29 is 19.7 Å². The van der Waals surface area contributed by atoms with Crippen molar-refractivity contribution in [2.45, 2.75) is 6.42 Å². The number of aliphatic hydroxyl groups excluding tert-OH is 1. The molecule has 24 heavy (non-hydrogen) atoms. The number of non-ortho nitro benzene ring substituents is 1. The number of aliphatic hydroxyl groups is 1. The molecule has 0 spiro atoms. The highest BCUT2D eigenvalue weighted by molar-refractivity contribution is 6.07. The minimum Gasteiger partial charge on any atom is -0.396 e. The molecule has 124 valence electrons. The van der Waals surface area contributed by atoms with E-state index in [1.54, 1.807) is 24.3 Å². The van der Waals surface area contributed by atoms with Crippen molar-refractivity contribution in [1.82, 2.24) is 0 Å². The van der Waals surface area contributed by atoms with E-state index in [2.05, 4.69) is 5.32 Å². The monoisotopic (exact) mass is 331 g/mol. The van der Waals surface area contributed by atoms with Crippen molar-refractivity contribution in [2.75, 3.05) is 11.9 Å². The number of benzene rings is 2. The summed E-state index contributed by atoms with van der Waals surface area (Å²) in [5.74, 6) is -0.744. The topological polar surface area (TPSA) is 136 Å². The molecule has 0 saturated heterocycles. The quantitative estimate of drug-likeness (QED) is 0.615. The zero-order chi connectivity index (χ0) is 17.7. The van der Waals surface area contributed by atoms with Crippen LogP contribution in [0.2, 0.25) is 0 Å². The van der Waals surface area contributed by atoms with Crippen molar-refractivity contribution in [3.63, 3.8) is 0 Å². The van der Waals surface area contributed by atoms with Gasteiger partial charge in [-0.3, -0.25) is 25.0 Å². The molecule has 0 aliphatic carbocycles. The summed E-state index contributed by atoms with van der Waals surface area (Å²) in [6.45, 7) is 0.000690. The molecule has 0 aliphatic heterocycles. The van der Waals surface area contributed by atoms with Gasteiger partial charge in [0.2, 0.25) is 0 Å². The Kier molecular flexibility index (Phi) is 5.17. The first-order valence-corrected chi connectivity index (χ1v) is 6.86. The van der Waals surface area contributed by atoms with E-state index >= 15 is 0 Å². The van der Waals surface area contributed by atoms with Gasteiger partial charge in [-0.05, 0) is 30.2 Å². The molecule has 2 aromatic rings. The average molecular weight is 331 g/mol. The van der Waals surface area contributed by atoms with E-state index in [1.165, 1.54) is 0 Å². The highest BCUT2D eigenvalue weighted by atomic mass is 16.6. The number of anilines is 1. The van der Waals surface area contributed by atoms with Crippen LogP contribution in [0.5, 0.6) is 0 Å². The zero-order valence-corrected chi connectivity index (χ0v) is 12.3. The van der Waals surface area contributed by atoms with Crippen LogP contribution < -0.4 is 5.32 Å². The number of amides is 1. The zero-order valence-electron chi connectivity index (χ0n) is 12.3. The molecule has 0 radical (unpaired) electrons.